The molecule has 0 aliphatic carbocycles. The van der Waals surface area contributed by atoms with Crippen molar-refractivity contribution < 1.29 is 8.42 Å². The second-order valence-corrected chi connectivity index (χ2v) is 8.57. The molecule has 0 spiro atoms. The van der Waals surface area contributed by atoms with Gasteiger partial charge in [-0.2, -0.15) is 0 Å². The van der Waals surface area contributed by atoms with E-state index in [0.29, 0.717) is 4.90 Å². The topological polar surface area (TPSA) is 34.1 Å². The lowest BCUT2D eigenvalue weighted by atomic mass is 10.1. The van der Waals surface area contributed by atoms with Gasteiger partial charge in [-0.15, -0.1) is 11.3 Å². The minimum atomic E-state index is -3.17. The minimum Gasteiger partial charge on any atom is -0.224 e. The Bertz CT molecular complexity index is 662. The highest BCUT2D eigenvalue weighted by molar-refractivity contribution is 9.11. The highest BCUT2D eigenvalue weighted by atomic mass is 79.9. The number of benzene rings is 1. The summed E-state index contributed by atoms with van der Waals surface area (Å²) in [6, 6.07) is 8.99. The van der Waals surface area contributed by atoms with E-state index in [-0.39, 0.29) is 4.83 Å². The molecule has 0 radical (unpaired) electrons. The van der Waals surface area contributed by atoms with Gasteiger partial charge in [0.25, 0.3) is 0 Å². The number of hydrogen-bond acceptors (Lipinski definition) is 3. The first kappa shape index (κ1) is 14.2. The highest BCUT2D eigenvalue weighted by Gasteiger charge is 2.17. The monoisotopic (exact) mass is 408 g/mol. The fraction of sp³-hybridized carbons (Fsp3) is 0.167. The van der Waals surface area contributed by atoms with E-state index in [9.17, 15) is 8.42 Å². The van der Waals surface area contributed by atoms with Gasteiger partial charge in [0.15, 0.2) is 9.84 Å². The lowest BCUT2D eigenvalue weighted by molar-refractivity contribution is 0.602. The first-order valence-corrected chi connectivity index (χ1v) is 9.54. The van der Waals surface area contributed by atoms with Gasteiger partial charge in [-0.25, -0.2) is 8.42 Å². The number of halogens is 2. The van der Waals surface area contributed by atoms with E-state index >= 15 is 0 Å². The molecule has 0 aliphatic rings. The average Bonchev–Trinajstić information content (AvgIpc) is 2.73. The molecule has 6 heteroatoms. The lowest BCUT2D eigenvalue weighted by Gasteiger charge is -2.10. The summed E-state index contributed by atoms with van der Waals surface area (Å²) < 4.78 is 24.1. The molecule has 0 bridgehead atoms. The fourth-order valence-electron chi connectivity index (χ4n) is 1.54. The molecule has 1 unspecified atom stereocenters. The molecule has 0 aliphatic heterocycles. The summed E-state index contributed by atoms with van der Waals surface area (Å²) in [4.78, 5) is 1.46. The maximum Gasteiger partial charge on any atom is 0.175 e. The van der Waals surface area contributed by atoms with Crippen molar-refractivity contribution in [3.05, 3.63) is 50.6 Å². The summed E-state index contributed by atoms with van der Waals surface area (Å²) >= 11 is 8.72. The van der Waals surface area contributed by atoms with Gasteiger partial charge in [0.2, 0.25) is 0 Å². The summed E-state index contributed by atoms with van der Waals surface area (Å²) in [6.45, 7) is 0. The third-order valence-corrected chi connectivity index (χ3v) is 6.79. The number of hydrogen-bond donors (Lipinski definition) is 0. The van der Waals surface area contributed by atoms with Gasteiger partial charge >= 0.3 is 0 Å². The Balaban J connectivity index is 2.44. The quantitative estimate of drug-likeness (QED) is 0.704. The lowest BCUT2D eigenvalue weighted by Crippen LogP contribution is -1.99. The van der Waals surface area contributed by atoms with Crippen LogP contribution in [0.4, 0.5) is 0 Å². The van der Waals surface area contributed by atoms with Crippen LogP contribution in [-0.4, -0.2) is 14.7 Å². The molecule has 2 aromatic rings. The van der Waals surface area contributed by atoms with Gasteiger partial charge in [0.1, 0.15) is 0 Å². The summed E-state index contributed by atoms with van der Waals surface area (Å²) in [5, 5.41) is 1.99. The van der Waals surface area contributed by atoms with E-state index in [2.05, 4.69) is 31.9 Å². The third-order valence-electron chi connectivity index (χ3n) is 2.45. The van der Waals surface area contributed by atoms with Crippen LogP contribution < -0.4 is 0 Å². The number of thiophene rings is 1. The number of sulfone groups is 1. The molecule has 96 valence electrons. The summed E-state index contributed by atoms with van der Waals surface area (Å²) in [5.41, 5.74) is 0.932. The molecular weight excluding hydrogens is 400 g/mol. The molecule has 1 heterocycles. The molecule has 0 saturated carbocycles. The van der Waals surface area contributed by atoms with Crippen LogP contribution in [0.3, 0.4) is 0 Å². The first-order valence-electron chi connectivity index (χ1n) is 5.06. The molecule has 0 fully saturated rings. The highest BCUT2D eigenvalue weighted by Crippen LogP contribution is 2.39. The van der Waals surface area contributed by atoms with Gasteiger partial charge in [0, 0.05) is 15.6 Å². The first-order chi connectivity index (χ1) is 8.39. The molecule has 18 heavy (non-hydrogen) atoms. The summed E-state index contributed by atoms with van der Waals surface area (Å²) in [6.07, 6.45) is 1.22. The smallest absolute Gasteiger partial charge is 0.175 e. The predicted octanol–water partition coefficient (Wildman–Crippen LogP) is 4.40. The van der Waals surface area contributed by atoms with Crippen molar-refractivity contribution in [2.45, 2.75) is 9.72 Å². The molecule has 1 aromatic heterocycles. The van der Waals surface area contributed by atoms with Crippen LogP contribution in [0.25, 0.3) is 0 Å². The molecule has 2 rings (SSSR count). The van der Waals surface area contributed by atoms with E-state index in [4.69, 9.17) is 0 Å². The van der Waals surface area contributed by atoms with Gasteiger partial charge in [-0.3, -0.25) is 0 Å². The number of rotatable bonds is 3. The molecule has 0 amide bonds. The van der Waals surface area contributed by atoms with Crippen molar-refractivity contribution in [2.24, 2.45) is 0 Å². The second-order valence-electron chi connectivity index (χ2n) is 3.84. The second kappa shape index (κ2) is 5.45. The van der Waals surface area contributed by atoms with Crippen LogP contribution in [0.1, 0.15) is 15.3 Å². The van der Waals surface area contributed by atoms with Gasteiger partial charge < -0.3 is 0 Å². The molecule has 1 atom stereocenters. The van der Waals surface area contributed by atoms with Crippen molar-refractivity contribution in [1.82, 2.24) is 0 Å². The molecular formula is C12H10Br2O2S2. The van der Waals surface area contributed by atoms with Crippen LogP contribution in [0, 0.1) is 0 Å². The fourth-order valence-corrected chi connectivity index (χ4v) is 4.98. The van der Waals surface area contributed by atoms with Crippen molar-refractivity contribution in [3.63, 3.8) is 0 Å². The van der Waals surface area contributed by atoms with Crippen LogP contribution >= 0.6 is 43.2 Å². The standard InChI is InChI=1S/C12H10Br2O2S2/c1-18(15,16)9-4-2-3-8(7-9)11(14)12-10(13)5-6-17-12/h2-7,11H,1H3. The van der Waals surface area contributed by atoms with Crippen molar-refractivity contribution in [2.75, 3.05) is 6.26 Å². The van der Waals surface area contributed by atoms with E-state index in [1.807, 2.05) is 17.5 Å². The molecule has 0 saturated heterocycles. The minimum absolute atomic E-state index is 0.00595. The SMILES string of the molecule is CS(=O)(=O)c1cccc(C(Br)c2sccc2Br)c1. The Hall–Kier alpha value is -0.170. The van der Waals surface area contributed by atoms with Crippen LogP contribution in [0.5, 0.6) is 0 Å². The maximum atomic E-state index is 11.5. The Kier molecular flexibility index (Phi) is 4.31. The molecule has 1 aromatic carbocycles. The Labute approximate surface area is 127 Å². The Morgan fingerprint density at radius 3 is 2.56 bits per heavy atom. The van der Waals surface area contributed by atoms with Crippen molar-refractivity contribution in [3.8, 4) is 0 Å². The zero-order valence-electron chi connectivity index (χ0n) is 9.43. The van der Waals surface area contributed by atoms with E-state index in [1.165, 1.54) is 6.26 Å². The van der Waals surface area contributed by atoms with E-state index < -0.39 is 9.84 Å². The number of alkyl halides is 1. The molecule has 0 N–H and O–H groups in total. The van der Waals surface area contributed by atoms with Crippen molar-refractivity contribution >= 4 is 53.0 Å². The largest absolute Gasteiger partial charge is 0.224 e. The summed E-state index contributed by atoms with van der Waals surface area (Å²) in [5.74, 6) is 0. The third kappa shape index (κ3) is 3.04. The maximum absolute atomic E-state index is 11.5. The zero-order chi connectivity index (χ0) is 13.3. The van der Waals surface area contributed by atoms with E-state index in [0.717, 1.165) is 14.9 Å². The normalized spacial score (nSPS) is 13.5. The summed E-state index contributed by atoms with van der Waals surface area (Å²) in [7, 11) is -3.17. The van der Waals surface area contributed by atoms with Gasteiger partial charge in [-0.1, -0.05) is 28.1 Å². The van der Waals surface area contributed by atoms with Crippen LogP contribution in [0.15, 0.2) is 45.1 Å². The average molecular weight is 410 g/mol. The Morgan fingerprint density at radius 1 is 1.28 bits per heavy atom. The van der Waals surface area contributed by atoms with E-state index in [1.54, 1.807) is 29.5 Å². The Morgan fingerprint density at radius 2 is 2.00 bits per heavy atom. The zero-order valence-corrected chi connectivity index (χ0v) is 14.2. The van der Waals surface area contributed by atoms with Crippen LogP contribution in [-0.2, 0) is 9.84 Å². The van der Waals surface area contributed by atoms with Crippen molar-refractivity contribution in [1.29, 1.82) is 0 Å². The molecule has 2 nitrogen and oxygen atoms in total. The predicted molar refractivity (Wildman–Crippen MR) is 82.3 cm³/mol. The van der Waals surface area contributed by atoms with Crippen LogP contribution in [0.2, 0.25) is 0 Å². The van der Waals surface area contributed by atoms with Gasteiger partial charge in [-0.05, 0) is 45.1 Å². The van der Waals surface area contributed by atoms with Gasteiger partial charge in [0.05, 0.1) is 9.72 Å².